The van der Waals surface area contributed by atoms with E-state index in [9.17, 15) is 9.59 Å². The second-order valence-electron chi connectivity index (χ2n) is 7.18. The Kier molecular flexibility index (Phi) is 5.63. The van der Waals surface area contributed by atoms with E-state index >= 15 is 0 Å². The topological polar surface area (TPSA) is 58.2 Å². The number of anilines is 1. The molecule has 0 heterocycles. The first-order chi connectivity index (χ1) is 14.1. The number of rotatable bonds is 6. The number of para-hydroxylation sites is 1. The van der Waals surface area contributed by atoms with E-state index in [1.807, 2.05) is 84.9 Å². The molecule has 1 saturated carbocycles. The lowest BCUT2D eigenvalue weighted by atomic mass is 10.0. The van der Waals surface area contributed by atoms with Crippen molar-refractivity contribution < 1.29 is 9.59 Å². The van der Waals surface area contributed by atoms with Gasteiger partial charge in [-0.15, -0.1) is 0 Å². The van der Waals surface area contributed by atoms with Crippen molar-refractivity contribution in [3.05, 3.63) is 101 Å². The molecule has 1 aliphatic rings. The fraction of sp³-hybridized carbons (Fsp3) is 0.167. The molecule has 0 spiro atoms. The van der Waals surface area contributed by atoms with Crippen LogP contribution in [0.4, 0.5) is 5.69 Å². The summed E-state index contributed by atoms with van der Waals surface area (Å²) >= 11 is 6.28. The average molecular weight is 405 g/mol. The lowest BCUT2D eigenvalue weighted by Crippen LogP contribution is -2.38. The van der Waals surface area contributed by atoms with Crippen LogP contribution in [0.3, 0.4) is 0 Å². The molecule has 0 bridgehead atoms. The van der Waals surface area contributed by atoms with Gasteiger partial charge in [0, 0.05) is 16.6 Å². The van der Waals surface area contributed by atoms with Crippen LogP contribution in [0.1, 0.15) is 29.5 Å². The minimum atomic E-state index is -0.767. The van der Waals surface area contributed by atoms with Crippen LogP contribution in [0.2, 0.25) is 5.02 Å². The lowest BCUT2D eigenvalue weighted by Gasteiger charge is -2.19. The molecule has 0 aliphatic heterocycles. The minimum absolute atomic E-state index is 0.0947. The second kappa shape index (κ2) is 8.50. The second-order valence-corrected chi connectivity index (χ2v) is 7.58. The van der Waals surface area contributed by atoms with Crippen molar-refractivity contribution in [1.82, 2.24) is 5.32 Å². The molecule has 29 heavy (non-hydrogen) atoms. The predicted octanol–water partition coefficient (Wildman–Crippen LogP) is 4.94. The van der Waals surface area contributed by atoms with Crippen LogP contribution in [0.5, 0.6) is 0 Å². The van der Waals surface area contributed by atoms with Crippen molar-refractivity contribution in [1.29, 1.82) is 0 Å². The number of amides is 2. The fourth-order valence-electron chi connectivity index (χ4n) is 3.54. The average Bonchev–Trinajstić information content (AvgIpc) is 3.54. The van der Waals surface area contributed by atoms with Gasteiger partial charge >= 0.3 is 0 Å². The molecule has 3 atom stereocenters. The normalized spacial score (nSPS) is 18.5. The summed E-state index contributed by atoms with van der Waals surface area (Å²) in [6.45, 7) is 0. The van der Waals surface area contributed by atoms with Crippen LogP contribution in [0.25, 0.3) is 0 Å². The fourth-order valence-corrected chi connectivity index (χ4v) is 3.81. The maximum absolute atomic E-state index is 13.0. The standard InChI is InChI=1S/C24H21ClN2O2/c25-21-14-8-7-13-18(21)19-15-20(19)23(28)27-22(16-9-3-1-4-10-16)24(29)26-17-11-5-2-6-12-17/h1-14,19-20,22H,15H2,(H,26,29)(H,27,28). The molecule has 4 nitrogen and oxygen atoms in total. The summed E-state index contributed by atoms with van der Waals surface area (Å²) in [6.07, 6.45) is 0.734. The van der Waals surface area contributed by atoms with Crippen molar-refractivity contribution in [3.8, 4) is 0 Å². The Morgan fingerprint density at radius 1 is 0.862 bits per heavy atom. The van der Waals surface area contributed by atoms with Gasteiger partial charge in [0.15, 0.2) is 0 Å². The van der Waals surface area contributed by atoms with Crippen LogP contribution < -0.4 is 10.6 Å². The highest BCUT2D eigenvalue weighted by molar-refractivity contribution is 6.31. The number of carbonyl (C=O) groups is 2. The highest BCUT2D eigenvalue weighted by Gasteiger charge is 2.45. The lowest BCUT2D eigenvalue weighted by molar-refractivity contribution is -0.127. The Balaban J connectivity index is 1.49. The zero-order chi connectivity index (χ0) is 20.2. The molecule has 3 aromatic carbocycles. The number of nitrogens with one attached hydrogen (secondary N) is 2. The van der Waals surface area contributed by atoms with E-state index in [0.29, 0.717) is 10.7 Å². The Bertz CT molecular complexity index is 1010. The van der Waals surface area contributed by atoms with Gasteiger partial charge in [0.1, 0.15) is 6.04 Å². The monoisotopic (exact) mass is 404 g/mol. The number of hydrogen-bond donors (Lipinski definition) is 2. The van der Waals surface area contributed by atoms with E-state index in [1.165, 1.54) is 0 Å². The highest BCUT2D eigenvalue weighted by atomic mass is 35.5. The van der Waals surface area contributed by atoms with E-state index in [2.05, 4.69) is 10.6 Å². The van der Waals surface area contributed by atoms with Crippen LogP contribution in [0.15, 0.2) is 84.9 Å². The van der Waals surface area contributed by atoms with Crippen molar-refractivity contribution in [2.24, 2.45) is 5.92 Å². The van der Waals surface area contributed by atoms with Gasteiger partial charge in [-0.25, -0.2) is 0 Å². The molecule has 2 N–H and O–H groups in total. The van der Waals surface area contributed by atoms with Crippen molar-refractivity contribution >= 4 is 29.1 Å². The summed E-state index contributed by atoms with van der Waals surface area (Å²) < 4.78 is 0. The molecule has 0 saturated heterocycles. The van der Waals surface area contributed by atoms with Gasteiger partial charge < -0.3 is 10.6 Å². The van der Waals surface area contributed by atoms with E-state index < -0.39 is 6.04 Å². The first kappa shape index (κ1) is 19.2. The summed E-state index contributed by atoms with van der Waals surface area (Å²) in [7, 11) is 0. The summed E-state index contributed by atoms with van der Waals surface area (Å²) in [5, 5.41) is 6.50. The van der Waals surface area contributed by atoms with Gasteiger partial charge in [0.2, 0.25) is 5.91 Å². The van der Waals surface area contributed by atoms with Gasteiger partial charge in [-0.3, -0.25) is 9.59 Å². The van der Waals surface area contributed by atoms with E-state index in [0.717, 1.165) is 17.5 Å². The number of hydrogen-bond acceptors (Lipinski definition) is 2. The Morgan fingerprint density at radius 2 is 1.48 bits per heavy atom. The summed E-state index contributed by atoms with van der Waals surface area (Å²) in [6, 6.07) is 25.3. The highest BCUT2D eigenvalue weighted by Crippen LogP contribution is 2.49. The van der Waals surface area contributed by atoms with E-state index in [4.69, 9.17) is 11.6 Å². The summed E-state index contributed by atoms with van der Waals surface area (Å²) in [5.74, 6) is -0.486. The minimum Gasteiger partial charge on any atom is -0.340 e. The van der Waals surface area contributed by atoms with Gasteiger partial charge in [0.25, 0.3) is 5.91 Å². The first-order valence-corrected chi connectivity index (χ1v) is 9.97. The zero-order valence-electron chi connectivity index (χ0n) is 15.7. The van der Waals surface area contributed by atoms with Crippen LogP contribution in [-0.2, 0) is 9.59 Å². The number of benzene rings is 3. The molecule has 5 heteroatoms. The van der Waals surface area contributed by atoms with Crippen molar-refractivity contribution in [3.63, 3.8) is 0 Å². The molecule has 0 aromatic heterocycles. The van der Waals surface area contributed by atoms with E-state index in [1.54, 1.807) is 0 Å². The van der Waals surface area contributed by atoms with Gasteiger partial charge in [0.05, 0.1) is 0 Å². The van der Waals surface area contributed by atoms with Gasteiger partial charge in [-0.2, -0.15) is 0 Å². The summed E-state index contributed by atoms with van der Waals surface area (Å²) in [5.41, 5.74) is 2.41. The molecule has 4 rings (SSSR count). The van der Waals surface area contributed by atoms with Crippen molar-refractivity contribution in [2.45, 2.75) is 18.4 Å². The van der Waals surface area contributed by atoms with E-state index in [-0.39, 0.29) is 23.7 Å². The molecule has 3 unspecified atom stereocenters. The Labute approximate surface area is 174 Å². The Morgan fingerprint density at radius 3 is 2.17 bits per heavy atom. The van der Waals surface area contributed by atoms with Crippen molar-refractivity contribution in [2.75, 3.05) is 5.32 Å². The largest absolute Gasteiger partial charge is 0.340 e. The SMILES string of the molecule is O=C(Nc1ccccc1)C(NC(=O)C1CC1c1ccccc1Cl)c1ccccc1. The maximum Gasteiger partial charge on any atom is 0.251 e. The first-order valence-electron chi connectivity index (χ1n) is 9.59. The molecular formula is C24H21ClN2O2. The third kappa shape index (κ3) is 4.49. The number of halogens is 1. The van der Waals surface area contributed by atoms with Gasteiger partial charge in [-0.05, 0) is 41.7 Å². The molecule has 3 aromatic rings. The maximum atomic E-state index is 13.0. The third-order valence-corrected chi connectivity index (χ3v) is 5.50. The van der Waals surface area contributed by atoms with Crippen LogP contribution >= 0.6 is 11.6 Å². The Hall–Kier alpha value is -3.11. The molecule has 1 fully saturated rings. The molecule has 1 aliphatic carbocycles. The third-order valence-electron chi connectivity index (χ3n) is 5.15. The van der Waals surface area contributed by atoms with Crippen LogP contribution in [-0.4, -0.2) is 11.8 Å². The summed E-state index contributed by atoms with van der Waals surface area (Å²) in [4.78, 5) is 25.9. The molecule has 2 amide bonds. The predicted molar refractivity (Wildman–Crippen MR) is 115 cm³/mol. The molecule has 0 radical (unpaired) electrons. The quantitative estimate of drug-likeness (QED) is 0.611. The van der Waals surface area contributed by atoms with Crippen LogP contribution in [0, 0.1) is 5.92 Å². The zero-order valence-corrected chi connectivity index (χ0v) is 16.5. The molecule has 146 valence electrons. The molecular weight excluding hydrogens is 384 g/mol. The van der Waals surface area contributed by atoms with Gasteiger partial charge in [-0.1, -0.05) is 78.3 Å². The smallest absolute Gasteiger partial charge is 0.251 e. The number of carbonyl (C=O) groups excluding carboxylic acids is 2.